The van der Waals surface area contributed by atoms with Crippen molar-refractivity contribution in [3.8, 4) is 32.4 Å². The number of thiophene rings is 1. The molecule has 0 spiro atoms. The lowest BCUT2D eigenvalue weighted by atomic mass is 10.1. The third kappa shape index (κ3) is 4.39. The molecule has 2 heterocycles. The smallest absolute Gasteiger partial charge is 0.427 e. The zero-order valence-corrected chi connectivity index (χ0v) is 17.9. The van der Waals surface area contributed by atoms with Crippen LogP contribution >= 0.6 is 22.9 Å². The minimum Gasteiger partial charge on any atom is -0.427 e. The number of carbonyl (C=O) groups is 1. The first-order chi connectivity index (χ1) is 15.1. The normalized spacial score (nSPS) is 11.6. The number of esters is 1. The van der Waals surface area contributed by atoms with Crippen LogP contribution in [-0.4, -0.2) is 15.7 Å². The van der Waals surface area contributed by atoms with Gasteiger partial charge in [-0.15, -0.1) is 11.3 Å². The fourth-order valence-electron chi connectivity index (χ4n) is 3.05. The van der Waals surface area contributed by atoms with Gasteiger partial charge in [0.2, 0.25) is 0 Å². The molecule has 4 aromatic rings. The maximum absolute atomic E-state index is 14.4. The second kappa shape index (κ2) is 8.40. The molecule has 0 unspecified atom stereocenters. The number of hydrogen-bond donors (Lipinski definition) is 0. The van der Waals surface area contributed by atoms with Crippen molar-refractivity contribution < 1.29 is 27.1 Å². The van der Waals surface area contributed by atoms with E-state index in [4.69, 9.17) is 16.3 Å². The third-order valence-corrected chi connectivity index (χ3v) is 5.86. The van der Waals surface area contributed by atoms with E-state index in [1.807, 2.05) is 0 Å². The zero-order valence-electron chi connectivity index (χ0n) is 16.3. The molecule has 0 saturated heterocycles. The standard InChI is InChI=1S/C22H13ClF4N2O2S/c1-12(30)31-13-6-7-16(24)14(10-13)19-8-9-20(32-19)18-11-21(22(25,26)27)28-29(18)17-5-3-2-4-15(17)23/h2-11H,1H3. The number of rotatable bonds is 4. The molecule has 0 aliphatic carbocycles. The largest absolute Gasteiger partial charge is 0.435 e. The Hall–Kier alpha value is -3.17. The average molecular weight is 481 g/mol. The number of carbonyl (C=O) groups excluding carboxylic acids is 1. The minimum atomic E-state index is -4.66. The van der Waals surface area contributed by atoms with Gasteiger partial charge in [-0.1, -0.05) is 23.7 Å². The first-order valence-electron chi connectivity index (χ1n) is 9.14. The molecule has 2 aromatic carbocycles. The lowest BCUT2D eigenvalue weighted by molar-refractivity contribution is -0.141. The Kier molecular flexibility index (Phi) is 5.79. The van der Waals surface area contributed by atoms with Crippen LogP contribution in [0.25, 0.3) is 26.7 Å². The predicted molar refractivity (Wildman–Crippen MR) is 114 cm³/mol. The molecule has 0 bridgehead atoms. The second-order valence-corrected chi connectivity index (χ2v) is 8.17. The number of ether oxygens (including phenoxy) is 1. The molecule has 0 aliphatic heterocycles. The molecule has 164 valence electrons. The quantitative estimate of drug-likeness (QED) is 0.179. The van der Waals surface area contributed by atoms with E-state index in [0.29, 0.717) is 9.75 Å². The van der Waals surface area contributed by atoms with Crippen molar-refractivity contribution in [2.45, 2.75) is 13.1 Å². The molecular weight excluding hydrogens is 468 g/mol. The summed E-state index contributed by atoms with van der Waals surface area (Å²) < 4.78 is 60.7. The molecule has 0 N–H and O–H groups in total. The second-order valence-electron chi connectivity index (χ2n) is 6.67. The summed E-state index contributed by atoms with van der Waals surface area (Å²) in [5.41, 5.74) is -0.499. The lowest BCUT2D eigenvalue weighted by Gasteiger charge is -2.08. The molecule has 2 aromatic heterocycles. The monoisotopic (exact) mass is 480 g/mol. The van der Waals surface area contributed by atoms with Crippen LogP contribution in [0.3, 0.4) is 0 Å². The SMILES string of the molecule is CC(=O)Oc1ccc(F)c(-c2ccc(-c3cc(C(F)(F)F)nn3-c3ccccc3Cl)s2)c1. The fourth-order valence-corrected chi connectivity index (χ4v) is 4.29. The van der Waals surface area contributed by atoms with Crippen molar-refractivity contribution >= 4 is 28.9 Å². The van der Waals surface area contributed by atoms with E-state index in [-0.39, 0.29) is 27.7 Å². The zero-order chi connectivity index (χ0) is 23.0. The van der Waals surface area contributed by atoms with Gasteiger partial charge in [0, 0.05) is 17.4 Å². The third-order valence-electron chi connectivity index (χ3n) is 4.40. The van der Waals surface area contributed by atoms with Gasteiger partial charge in [-0.25, -0.2) is 9.07 Å². The molecule has 0 aliphatic rings. The molecule has 0 amide bonds. The van der Waals surface area contributed by atoms with Crippen LogP contribution in [0.2, 0.25) is 5.02 Å². The van der Waals surface area contributed by atoms with Crippen LogP contribution in [0.15, 0.2) is 60.7 Å². The topological polar surface area (TPSA) is 44.1 Å². The number of para-hydroxylation sites is 1. The van der Waals surface area contributed by atoms with Crippen molar-refractivity contribution in [1.82, 2.24) is 9.78 Å². The molecule has 0 saturated carbocycles. The number of hydrogen-bond acceptors (Lipinski definition) is 4. The minimum absolute atomic E-state index is 0.151. The van der Waals surface area contributed by atoms with Gasteiger partial charge in [-0.3, -0.25) is 4.79 Å². The summed E-state index contributed by atoms with van der Waals surface area (Å²) in [7, 11) is 0. The Labute approximate surface area is 188 Å². The summed E-state index contributed by atoms with van der Waals surface area (Å²) in [5.74, 6) is -0.966. The van der Waals surface area contributed by atoms with E-state index >= 15 is 0 Å². The molecular formula is C22H13ClF4N2O2S. The Morgan fingerprint density at radius 1 is 1.06 bits per heavy atom. The van der Waals surface area contributed by atoms with Crippen molar-refractivity contribution in [1.29, 1.82) is 0 Å². The molecule has 10 heteroatoms. The Morgan fingerprint density at radius 2 is 1.78 bits per heavy atom. The van der Waals surface area contributed by atoms with Gasteiger partial charge < -0.3 is 4.74 Å². The van der Waals surface area contributed by atoms with Gasteiger partial charge in [-0.2, -0.15) is 18.3 Å². The Morgan fingerprint density at radius 3 is 2.47 bits per heavy atom. The van der Waals surface area contributed by atoms with Gasteiger partial charge in [-0.05, 0) is 48.5 Å². The van der Waals surface area contributed by atoms with Gasteiger partial charge >= 0.3 is 12.1 Å². The van der Waals surface area contributed by atoms with Crippen LogP contribution < -0.4 is 4.74 Å². The van der Waals surface area contributed by atoms with Crippen LogP contribution in [-0.2, 0) is 11.0 Å². The Balaban J connectivity index is 1.82. The van der Waals surface area contributed by atoms with Crippen molar-refractivity contribution in [3.63, 3.8) is 0 Å². The van der Waals surface area contributed by atoms with E-state index in [1.54, 1.807) is 36.4 Å². The van der Waals surface area contributed by atoms with Gasteiger partial charge in [0.05, 0.1) is 21.3 Å². The maximum atomic E-state index is 14.4. The Bertz CT molecular complexity index is 1310. The highest BCUT2D eigenvalue weighted by molar-refractivity contribution is 7.18. The van der Waals surface area contributed by atoms with E-state index < -0.39 is 23.7 Å². The highest BCUT2D eigenvalue weighted by atomic mass is 35.5. The summed E-state index contributed by atoms with van der Waals surface area (Å²) in [6.07, 6.45) is -4.66. The van der Waals surface area contributed by atoms with Crippen LogP contribution in [0.5, 0.6) is 5.75 Å². The van der Waals surface area contributed by atoms with Gasteiger partial charge in [0.15, 0.2) is 5.69 Å². The van der Waals surface area contributed by atoms with Crippen molar-refractivity contribution in [2.24, 2.45) is 0 Å². The number of aromatic nitrogens is 2. The fraction of sp³-hybridized carbons (Fsp3) is 0.0909. The summed E-state index contributed by atoms with van der Waals surface area (Å²) in [6, 6.07) is 14.3. The lowest BCUT2D eigenvalue weighted by Crippen LogP contribution is -2.07. The molecule has 0 radical (unpaired) electrons. The average Bonchev–Trinajstić information content (AvgIpc) is 3.36. The van der Waals surface area contributed by atoms with Crippen LogP contribution in [0, 0.1) is 5.82 Å². The van der Waals surface area contributed by atoms with E-state index in [2.05, 4.69) is 5.10 Å². The number of alkyl halides is 3. The van der Waals surface area contributed by atoms with Crippen molar-refractivity contribution in [2.75, 3.05) is 0 Å². The van der Waals surface area contributed by atoms with Crippen molar-refractivity contribution in [3.05, 3.63) is 77.2 Å². The number of benzene rings is 2. The van der Waals surface area contributed by atoms with E-state index in [9.17, 15) is 22.4 Å². The summed E-state index contributed by atoms with van der Waals surface area (Å²) >= 11 is 7.26. The van der Waals surface area contributed by atoms with Gasteiger partial charge in [0.1, 0.15) is 11.6 Å². The molecule has 4 rings (SSSR count). The number of nitrogens with zero attached hydrogens (tertiary/aromatic N) is 2. The predicted octanol–water partition coefficient (Wildman–Crippen LogP) is 7.00. The van der Waals surface area contributed by atoms with E-state index in [1.165, 1.54) is 19.1 Å². The molecule has 0 fully saturated rings. The highest BCUT2D eigenvalue weighted by Crippen LogP contribution is 2.40. The van der Waals surface area contributed by atoms with Gasteiger partial charge in [0.25, 0.3) is 0 Å². The molecule has 32 heavy (non-hydrogen) atoms. The highest BCUT2D eigenvalue weighted by Gasteiger charge is 2.35. The summed E-state index contributed by atoms with van der Waals surface area (Å²) in [4.78, 5) is 12.0. The van der Waals surface area contributed by atoms with Crippen LogP contribution in [0.4, 0.5) is 17.6 Å². The van der Waals surface area contributed by atoms with Crippen LogP contribution in [0.1, 0.15) is 12.6 Å². The number of halogens is 5. The molecule has 0 atom stereocenters. The van der Waals surface area contributed by atoms with E-state index in [0.717, 1.165) is 28.2 Å². The molecule has 4 nitrogen and oxygen atoms in total. The first kappa shape index (κ1) is 22.0. The maximum Gasteiger partial charge on any atom is 0.435 e. The first-order valence-corrected chi connectivity index (χ1v) is 10.3. The summed E-state index contributed by atoms with van der Waals surface area (Å²) in [5, 5.41) is 3.94. The summed E-state index contributed by atoms with van der Waals surface area (Å²) in [6.45, 7) is 1.22.